The molecule has 1 saturated heterocycles. The largest absolute Gasteiger partial charge is 0.376 e. The first kappa shape index (κ1) is 13.8. The van der Waals surface area contributed by atoms with Crippen LogP contribution in [-0.2, 0) is 4.79 Å². The van der Waals surface area contributed by atoms with Gasteiger partial charge in [0.05, 0.1) is 6.54 Å². The number of hydrogen-bond donors (Lipinski definition) is 1. The van der Waals surface area contributed by atoms with Gasteiger partial charge in [-0.1, -0.05) is 0 Å². The highest BCUT2D eigenvalue weighted by molar-refractivity contribution is 5.81. The topological polar surface area (TPSA) is 32.3 Å². The summed E-state index contributed by atoms with van der Waals surface area (Å²) >= 11 is 0. The van der Waals surface area contributed by atoms with Gasteiger partial charge in [0.1, 0.15) is 5.82 Å². The molecule has 104 valence electrons. The molecule has 1 aromatic carbocycles. The molecule has 19 heavy (non-hydrogen) atoms. The van der Waals surface area contributed by atoms with Crippen molar-refractivity contribution in [3.05, 3.63) is 29.6 Å². The fourth-order valence-electron chi connectivity index (χ4n) is 2.57. The van der Waals surface area contributed by atoms with Crippen LogP contribution in [0.1, 0.15) is 31.7 Å². The minimum Gasteiger partial charge on any atom is -0.376 e. The molecular weight excluding hydrogens is 243 g/mol. The Hall–Kier alpha value is -1.58. The summed E-state index contributed by atoms with van der Waals surface area (Å²) in [5.41, 5.74) is 1.64. The number of aryl methyl sites for hydroxylation is 1. The second kappa shape index (κ2) is 6.04. The van der Waals surface area contributed by atoms with E-state index in [0.717, 1.165) is 30.6 Å². The fraction of sp³-hybridized carbons (Fsp3) is 0.533. The molecule has 1 heterocycles. The van der Waals surface area contributed by atoms with Crippen molar-refractivity contribution in [3.63, 3.8) is 0 Å². The molecule has 0 spiro atoms. The Balaban J connectivity index is 1.92. The number of anilines is 1. The lowest BCUT2D eigenvalue weighted by Crippen LogP contribution is -2.44. The van der Waals surface area contributed by atoms with Crippen molar-refractivity contribution in [1.29, 1.82) is 0 Å². The third-order valence-corrected chi connectivity index (χ3v) is 3.74. The van der Waals surface area contributed by atoms with Gasteiger partial charge in [-0.05, 0) is 56.9 Å². The van der Waals surface area contributed by atoms with E-state index in [-0.39, 0.29) is 18.3 Å². The summed E-state index contributed by atoms with van der Waals surface area (Å²) in [4.78, 5) is 14.1. The molecule has 1 amide bonds. The summed E-state index contributed by atoms with van der Waals surface area (Å²) in [7, 11) is 0. The Labute approximate surface area is 113 Å². The van der Waals surface area contributed by atoms with Crippen LogP contribution in [-0.4, -0.2) is 29.9 Å². The van der Waals surface area contributed by atoms with E-state index in [1.165, 1.54) is 18.6 Å². The molecule has 4 heteroatoms. The second-order valence-corrected chi connectivity index (χ2v) is 5.24. The van der Waals surface area contributed by atoms with Crippen molar-refractivity contribution in [2.75, 3.05) is 18.4 Å². The Morgan fingerprint density at radius 3 is 2.95 bits per heavy atom. The number of halogens is 1. The minimum absolute atomic E-state index is 0.121. The van der Waals surface area contributed by atoms with E-state index in [2.05, 4.69) is 12.2 Å². The van der Waals surface area contributed by atoms with E-state index >= 15 is 0 Å². The lowest BCUT2D eigenvalue weighted by Gasteiger charge is -2.33. The molecule has 1 atom stereocenters. The summed E-state index contributed by atoms with van der Waals surface area (Å²) in [6, 6.07) is 4.88. The highest BCUT2D eigenvalue weighted by Crippen LogP contribution is 2.18. The van der Waals surface area contributed by atoms with Crippen LogP contribution in [0.4, 0.5) is 10.1 Å². The molecule has 1 unspecified atom stereocenters. The van der Waals surface area contributed by atoms with Gasteiger partial charge in [0, 0.05) is 18.3 Å². The quantitative estimate of drug-likeness (QED) is 0.910. The standard InChI is InChI=1S/C15H21FN2O/c1-11-9-13(16)6-7-14(11)17-10-15(19)18-8-4-3-5-12(18)2/h6-7,9,12,17H,3-5,8,10H2,1-2H3. The zero-order valence-electron chi connectivity index (χ0n) is 11.6. The number of nitrogens with zero attached hydrogens (tertiary/aromatic N) is 1. The maximum atomic E-state index is 13.0. The Morgan fingerprint density at radius 1 is 1.47 bits per heavy atom. The predicted octanol–water partition coefficient (Wildman–Crippen LogP) is 2.95. The van der Waals surface area contributed by atoms with Crippen molar-refractivity contribution in [1.82, 2.24) is 4.90 Å². The number of piperidine rings is 1. The third kappa shape index (κ3) is 3.46. The first-order chi connectivity index (χ1) is 9.08. The van der Waals surface area contributed by atoms with Crippen LogP contribution < -0.4 is 5.32 Å². The number of likely N-dealkylation sites (tertiary alicyclic amines) is 1. The molecule has 3 nitrogen and oxygen atoms in total. The summed E-state index contributed by atoms with van der Waals surface area (Å²) < 4.78 is 13.0. The highest BCUT2D eigenvalue weighted by atomic mass is 19.1. The van der Waals surface area contributed by atoms with E-state index in [1.807, 2.05) is 11.8 Å². The van der Waals surface area contributed by atoms with E-state index < -0.39 is 0 Å². The maximum absolute atomic E-state index is 13.0. The van der Waals surface area contributed by atoms with Gasteiger partial charge in [0.25, 0.3) is 0 Å². The molecule has 1 fully saturated rings. The normalized spacial score (nSPS) is 19.3. The van der Waals surface area contributed by atoms with Crippen molar-refractivity contribution in [2.45, 2.75) is 39.2 Å². The van der Waals surface area contributed by atoms with E-state index in [4.69, 9.17) is 0 Å². The number of carbonyl (C=O) groups is 1. The van der Waals surface area contributed by atoms with Crippen LogP contribution in [0.2, 0.25) is 0 Å². The van der Waals surface area contributed by atoms with Gasteiger partial charge in [0.15, 0.2) is 0 Å². The lowest BCUT2D eigenvalue weighted by atomic mass is 10.0. The molecule has 1 aromatic rings. The van der Waals surface area contributed by atoms with Gasteiger partial charge < -0.3 is 10.2 Å². The van der Waals surface area contributed by atoms with Crippen molar-refractivity contribution in [3.8, 4) is 0 Å². The number of amides is 1. The van der Waals surface area contributed by atoms with Crippen molar-refractivity contribution >= 4 is 11.6 Å². The summed E-state index contributed by atoms with van der Waals surface area (Å²) in [6.45, 7) is 5.06. The van der Waals surface area contributed by atoms with Gasteiger partial charge in [-0.2, -0.15) is 0 Å². The second-order valence-electron chi connectivity index (χ2n) is 5.24. The number of benzene rings is 1. The smallest absolute Gasteiger partial charge is 0.242 e. The van der Waals surface area contributed by atoms with Crippen LogP contribution in [0.5, 0.6) is 0 Å². The molecule has 0 bridgehead atoms. The SMILES string of the molecule is Cc1cc(F)ccc1NCC(=O)N1CCCCC1C. The van der Waals surface area contributed by atoms with Gasteiger partial charge in [0.2, 0.25) is 5.91 Å². The van der Waals surface area contributed by atoms with Crippen molar-refractivity contribution in [2.24, 2.45) is 0 Å². The van der Waals surface area contributed by atoms with Crippen LogP contribution in [0.25, 0.3) is 0 Å². The van der Waals surface area contributed by atoms with E-state index in [9.17, 15) is 9.18 Å². The van der Waals surface area contributed by atoms with Gasteiger partial charge in [-0.15, -0.1) is 0 Å². The Morgan fingerprint density at radius 2 is 2.26 bits per heavy atom. The van der Waals surface area contributed by atoms with Gasteiger partial charge in [-0.3, -0.25) is 4.79 Å². The molecule has 1 aliphatic rings. The molecule has 1 N–H and O–H groups in total. The summed E-state index contributed by atoms with van der Waals surface area (Å²) in [5.74, 6) is -0.130. The molecule has 2 rings (SSSR count). The Kier molecular flexibility index (Phi) is 4.40. The van der Waals surface area contributed by atoms with Gasteiger partial charge in [-0.25, -0.2) is 4.39 Å². The van der Waals surface area contributed by atoms with Gasteiger partial charge >= 0.3 is 0 Å². The number of hydrogen-bond acceptors (Lipinski definition) is 2. The van der Waals surface area contributed by atoms with E-state index in [1.54, 1.807) is 6.07 Å². The summed E-state index contributed by atoms with van der Waals surface area (Å²) in [5, 5.41) is 3.10. The zero-order valence-corrected chi connectivity index (χ0v) is 11.6. The lowest BCUT2D eigenvalue weighted by molar-refractivity contribution is -0.132. The molecule has 0 aliphatic carbocycles. The monoisotopic (exact) mass is 264 g/mol. The molecule has 0 radical (unpaired) electrons. The highest BCUT2D eigenvalue weighted by Gasteiger charge is 2.22. The zero-order chi connectivity index (χ0) is 13.8. The number of nitrogens with one attached hydrogen (secondary N) is 1. The molecule has 0 saturated carbocycles. The van der Waals surface area contributed by atoms with Crippen LogP contribution in [0.15, 0.2) is 18.2 Å². The number of carbonyl (C=O) groups excluding carboxylic acids is 1. The first-order valence-corrected chi connectivity index (χ1v) is 6.87. The molecule has 1 aliphatic heterocycles. The fourth-order valence-corrected chi connectivity index (χ4v) is 2.57. The first-order valence-electron chi connectivity index (χ1n) is 6.87. The van der Waals surface area contributed by atoms with Crippen LogP contribution >= 0.6 is 0 Å². The average molecular weight is 264 g/mol. The number of rotatable bonds is 3. The van der Waals surface area contributed by atoms with Crippen LogP contribution in [0.3, 0.4) is 0 Å². The van der Waals surface area contributed by atoms with E-state index in [0.29, 0.717) is 6.04 Å². The minimum atomic E-state index is -0.251. The summed E-state index contributed by atoms with van der Waals surface area (Å²) in [6.07, 6.45) is 3.38. The third-order valence-electron chi connectivity index (χ3n) is 3.74. The Bertz CT molecular complexity index is 461. The van der Waals surface area contributed by atoms with Crippen molar-refractivity contribution < 1.29 is 9.18 Å². The molecular formula is C15H21FN2O. The van der Waals surface area contributed by atoms with Crippen LogP contribution in [0, 0.1) is 12.7 Å². The average Bonchev–Trinajstić information content (AvgIpc) is 2.38. The molecule has 0 aromatic heterocycles. The predicted molar refractivity (Wildman–Crippen MR) is 74.7 cm³/mol. The maximum Gasteiger partial charge on any atom is 0.242 e.